The molecule has 0 radical (unpaired) electrons. The van der Waals surface area contributed by atoms with E-state index in [2.05, 4.69) is 11.4 Å². The van der Waals surface area contributed by atoms with Crippen molar-refractivity contribution in [3.63, 3.8) is 0 Å². The van der Waals surface area contributed by atoms with Crippen LogP contribution in [0.1, 0.15) is 18.1 Å². The lowest BCUT2D eigenvalue weighted by Crippen LogP contribution is -2.68. The predicted octanol–water partition coefficient (Wildman–Crippen LogP) is 1.24. The Hall–Kier alpha value is -1.95. The van der Waals surface area contributed by atoms with E-state index in [0.717, 1.165) is 16.8 Å². The average Bonchev–Trinajstić information content (AvgIpc) is 2.45. The topological polar surface area (TPSA) is 52.7 Å². The Bertz CT molecular complexity index is 688. The van der Waals surface area contributed by atoms with Gasteiger partial charge in [0.1, 0.15) is 5.41 Å². The van der Waals surface area contributed by atoms with Crippen molar-refractivity contribution in [1.82, 2.24) is 10.2 Å². The molecule has 3 rings (SSSR count). The van der Waals surface area contributed by atoms with Gasteiger partial charge in [-0.25, -0.2) is 0 Å². The number of nitrogens with zero attached hydrogens (tertiary/aromatic N) is 2. The van der Waals surface area contributed by atoms with Crippen molar-refractivity contribution in [2.75, 3.05) is 25.0 Å². The minimum absolute atomic E-state index is 0.192. The Morgan fingerprint density at radius 3 is 2.77 bits per heavy atom. The molecule has 1 aromatic rings. The van der Waals surface area contributed by atoms with Crippen LogP contribution in [0.4, 0.5) is 5.69 Å². The molecule has 116 valence electrons. The number of benzene rings is 1. The van der Waals surface area contributed by atoms with Gasteiger partial charge in [0.2, 0.25) is 11.8 Å². The zero-order chi connectivity index (χ0) is 16.1. The van der Waals surface area contributed by atoms with Crippen LogP contribution in [0.3, 0.4) is 0 Å². The third-order valence-electron chi connectivity index (χ3n) is 4.52. The van der Waals surface area contributed by atoms with E-state index in [-0.39, 0.29) is 16.9 Å². The first-order valence-electron chi connectivity index (χ1n) is 7.37. The molecule has 1 aromatic carbocycles. The first-order valence-corrected chi connectivity index (χ1v) is 7.78. The Balaban J connectivity index is 2.08. The first-order chi connectivity index (χ1) is 10.4. The van der Waals surface area contributed by atoms with Gasteiger partial charge in [-0.15, -0.1) is 0 Å². The number of amides is 2. The van der Waals surface area contributed by atoms with Gasteiger partial charge in [-0.3, -0.25) is 14.5 Å². The van der Waals surface area contributed by atoms with Crippen molar-refractivity contribution < 1.29 is 9.59 Å². The molecule has 1 spiro atoms. The smallest absolute Gasteiger partial charge is 0.246 e. The Morgan fingerprint density at radius 2 is 2.09 bits per heavy atom. The molecule has 1 fully saturated rings. The summed E-state index contributed by atoms with van der Waals surface area (Å²) in [5.41, 5.74) is 2.14. The SMILES string of the molecule is CCN1C(=O)[C@@]2(Cc3cc(C)ccc3N(C)C2)C(=O)NC1=S. The van der Waals surface area contributed by atoms with Gasteiger partial charge in [0.25, 0.3) is 0 Å². The van der Waals surface area contributed by atoms with Crippen molar-refractivity contribution in [2.24, 2.45) is 5.41 Å². The van der Waals surface area contributed by atoms with Gasteiger partial charge in [0, 0.05) is 25.8 Å². The van der Waals surface area contributed by atoms with Crippen molar-refractivity contribution in [1.29, 1.82) is 0 Å². The second-order valence-electron chi connectivity index (χ2n) is 6.06. The molecular formula is C16H19N3O2S. The highest BCUT2D eigenvalue weighted by molar-refractivity contribution is 7.80. The monoisotopic (exact) mass is 317 g/mol. The fraction of sp³-hybridized carbons (Fsp3) is 0.438. The lowest BCUT2D eigenvalue weighted by Gasteiger charge is -2.46. The fourth-order valence-electron chi connectivity index (χ4n) is 3.41. The lowest BCUT2D eigenvalue weighted by atomic mass is 9.74. The number of thiocarbonyl (C=S) groups is 1. The summed E-state index contributed by atoms with van der Waals surface area (Å²) in [5.74, 6) is -0.478. The average molecular weight is 317 g/mol. The van der Waals surface area contributed by atoms with Crippen LogP contribution >= 0.6 is 12.2 Å². The number of carbonyl (C=O) groups excluding carboxylic acids is 2. The zero-order valence-corrected chi connectivity index (χ0v) is 13.8. The number of carbonyl (C=O) groups is 2. The minimum atomic E-state index is -1.09. The number of anilines is 1. The molecule has 2 aliphatic rings. The van der Waals surface area contributed by atoms with E-state index in [0.29, 0.717) is 19.5 Å². The van der Waals surface area contributed by atoms with Crippen LogP contribution in [-0.2, 0) is 16.0 Å². The van der Waals surface area contributed by atoms with Crippen molar-refractivity contribution in [3.8, 4) is 0 Å². The van der Waals surface area contributed by atoms with Crippen LogP contribution in [0.25, 0.3) is 0 Å². The normalized spacial score (nSPS) is 24.6. The predicted molar refractivity (Wildman–Crippen MR) is 88.7 cm³/mol. The van der Waals surface area contributed by atoms with E-state index < -0.39 is 5.41 Å². The van der Waals surface area contributed by atoms with E-state index >= 15 is 0 Å². The number of hydrogen-bond acceptors (Lipinski definition) is 4. The number of rotatable bonds is 1. The highest BCUT2D eigenvalue weighted by atomic mass is 32.1. The molecular weight excluding hydrogens is 298 g/mol. The molecule has 0 bridgehead atoms. The van der Waals surface area contributed by atoms with E-state index in [1.807, 2.05) is 37.9 Å². The number of hydrogen-bond donors (Lipinski definition) is 1. The van der Waals surface area contributed by atoms with Crippen molar-refractivity contribution in [3.05, 3.63) is 29.3 Å². The Morgan fingerprint density at radius 1 is 1.36 bits per heavy atom. The largest absolute Gasteiger partial charge is 0.373 e. The molecule has 1 atom stereocenters. The summed E-state index contributed by atoms with van der Waals surface area (Å²) in [5, 5.41) is 2.92. The Labute approximate surface area is 135 Å². The summed E-state index contributed by atoms with van der Waals surface area (Å²) in [7, 11) is 1.92. The van der Waals surface area contributed by atoms with Crippen molar-refractivity contribution in [2.45, 2.75) is 20.3 Å². The molecule has 0 aliphatic carbocycles. The van der Waals surface area contributed by atoms with Crippen LogP contribution in [0.2, 0.25) is 0 Å². The maximum Gasteiger partial charge on any atom is 0.246 e. The molecule has 2 heterocycles. The number of fused-ring (bicyclic) bond motifs is 1. The van der Waals surface area contributed by atoms with E-state index in [4.69, 9.17) is 12.2 Å². The van der Waals surface area contributed by atoms with E-state index in [1.54, 1.807) is 0 Å². The quantitative estimate of drug-likeness (QED) is 0.625. The van der Waals surface area contributed by atoms with E-state index in [9.17, 15) is 9.59 Å². The standard InChI is InChI=1S/C16H19N3O2S/c1-4-19-14(21)16(13(20)17-15(19)22)8-11-7-10(2)5-6-12(11)18(3)9-16/h5-7H,4,8-9H2,1-3H3,(H,17,20,22)/t16-/m1/s1. The summed E-state index contributed by atoms with van der Waals surface area (Å²) in [6.45, 7) is 4.70. The van der Waals surface area contributed by atoms with Crippen LogP contribution in [0, 0.1) is 12.3 Å². The molecule has 22 heavy (non-hydrogen) atoms. The molecule has 0 aromatic heterocycles. The van der Waals surface area contributed by atoms with Crippen molar-refractivity contribution >= 4 is 34.8 Å². The van der Waals surface area contributed by atoms with Gasteiger partial charge in [-0.05, 0) is 44.1 Å². The maximum absolute atomic E-state index is 12.9. The highest BCUT2D eigenvalue weighted by Gasteiger charge is 2.54. The highest BCUT2D eigenvalue weighted by Crippen LogP contribution is 2.39. The molecule has 0 unspecified atom stereocenters. The summed E-state index contributed by atoms with van der Waals surface area (Å²) < 4.78 is 0. The summed E-state index contributed by atoms with van der Waals surface area (Å²) >= 11 is 5.12. The molecule has 6 heteroatoms. The van der Waals surface area contributed by atoms with Gasteiger partial charge >= 0.3 is 0 Å². The molecule has 2 aliphatic heterocycles. The Kier molecular flexibility index (Phi) is 3.44. The van der Waals surface area contributed by atoms with Crippen LogP contribution in [0.5, 0.6) is 0 Å². The fourth-order valence-corrected chi connectivity index (χ4v) is 3.72. The van der Waals surface area contributed by atoms with Gasteiger partial charge < -0.3 is 10.2 Å². The number of nitrogens with one attached hydrogen (secondary N) is 1. The van der Waals surface area contributed by atoms with Crippen LogP contribution in [-0.4, -0.2) is 42.0 Å². The van der Waals surface area contributed by atoms with E-state index in [1.165, 1.54) is 4.90 Å². The van der Waals surface area contributed by atoms with Gasteiger partial charge in [0.15, 0.2) is 5.11 Å². The molecule has 1 N–H and O–H groups in total. The van der Waals surface area contributed by atoms with Gasteiger partial charge in [-0.1, -0.05) is 17.7 Å². The van der Waals surface area contributed by atoms with Gasteiger partial charge in [0.05, 0.1) is 0 Å². The lowest BCUT2D eigenvalue weighted by molar-refractivity contribution is -0.149. The summed E-state index contributed by atoms with van der Waals surface area (Å²) in [4.78, 5) is 29.0. The maximum atomic E-state index is 12.9. The second kappa shape index (κ2) is 5.05. The minimum Gasteiger partial charge on any atom is -0.373 e. The summed E-state index contributed by atoms with van der Waals surface area (Å²) in [6, 6.07) is 6.14. The second-order valence-corrected chi connectivity index (χ2v) is 6.44. The van der Waals surface area contributed by atoms with Crippen LogP contribution < -0.4 is 10.2 Å². The molecule has 5 nitrogen and oxygen atoms in total. The third kappa shape index (κ3) is 2.01. The van der Waals surface area contributed by atoms with Gasteiger partial charge in [-0.2, -0.15) is 0 Å². The third-order valence-corrected chi connectivity index (χ3v) is 4.84. The summed E-state index contributed by atoms with van der Waals surface area (Å²) in [6.07, 6.45) is 0.415. The van der Waals surface area contributed by atoms with Crippen LogP contribution in [0.15, 0.2) is 18.2 Å². The molecule has 1 saturated heterocycles. The molecule has 2 amide bonds. The zero-order valence-electron chi connectivity index (χ0n) is 13.0. The molecule has 0 saturated carbocycles. The first kappa shape index (κ1) is 15.0. The number of aryl methyl sites for hydroxylation is 1.